The average Bonchev–Trinajstić information content (AvgIpc) is 2.10. The highest BCUT2D eigenvalue weighted by molar-refractivity contribution is 7.43. The predicted molar refractivity (Wildman–Crippen MR) is 41.3 cm³/mol. The van der Waals surface area contributed by atoms with Crippen molar-refractivity contribution in [2.45, 2.75) is 12.2 Å². The summed E-state index contributed by atoms with van der Waals surface area (Å²) in [6.07, 6.45) is -3.38. The van der Waals surface area contributed by atoms with Crippen molar-refractivity contribution in [3.63, 3.8) is 0 Å². The monoisotopic (exact) mass is 246 g/mol. The van der Waals surface area contributed by atoms with Gasteiger partial charge < -0.3 is 29.1 Å². The van der Waals surface area contributed by atoms with Crippen molar-refractivity contribution in [1.29, 1.82) is 0 Å². The zero-order valence-corrected chi connectivity index (χ0v) is 8.48. The van der Waals surface area contributed by atoms with Crippen molar-refractivity contribution < 1.29 is 33.9 Å². The van der Waals surface area contributed by atoms with Crippen LogP contribution in [0.3, 0.4) is 0 Å². The van der Waals surface area contributed by atoms with Crippen molar-refractivity contribution in [3.8, 4) is 0 Å². The molecule has 0 amide bonds. The molecule has 0 radical (unpaired) electrons. The number of aliphatic hydroxyl groups excluding tert-OH is 2. The molecular weight excluding hydrogens is 238 g/mol. The van der Waals surface area contributed by atoms with E-state index in [0.717, 1.165) is 0 Å². The van der Waals surface area contributed by atoms with E-state index in [-0.39, 0.29) is 0 Å². The Balaban J connectivity index is 4.03. The molecule has 0 aliphatic carbocycles. The lowest BCUT2D eigenvalue weighted by Crippen LogP contribution is -2.37. The summed E-state index contributed by atoms with van der Waals surface area (Å²) < 4.78 is 13.5. The summed E-state index contributed by atoms with van der Waals surface area (Å²) in [5.74, 6) is -1.54. The molecular formula is C5H8ClO7P-2. The van der Waals surface area contributed by atoms with Gasteiger partial charge in [0.25, 0.3) is 0 Å². The molecule has 0 bridgehead atoms. The Morgan fingerprint density at radius 1 is 1.50 bits per heavy atom. The van der Waals surface area contributed by atoms with Crippen molar-refractivity contribution in [2.75, 3.05) is 12.5 Å². The Hall–Kier alpha value is -0.0100. The second-order valence-corrected chi connectivity index (χ2v) is 3.81. The maximum absolute atomic E-state index is 10.8. The molecule has 0 heterocycles. The zero-order valence-electron chi connectivity index (χ0n) is 6.83. The number of hydrogen-bond donors (Lipinski definition) is 2. The lowest BCUT2D eigenvalue weighted by atomic mass is 10.1. The summed E-state index contributed by atoms with van der Waals surface area (Å²) in [5.41, 5.74) is 0. The molecule has 0 spiro atoms. The van der Waals surface area contributed by atoms with Crippen LogP contribution in [-0.2, 0) is 13.9 Å². The third-order valence-electron chi connectivity index (χ3n) is 1.22. The molecule has 2 N–H and O–H groups in total. The summed E-state index contributed by atoms with van der Waals surface area (Å²) in [5, 5.41) is 17.8. The van der Waals surface area contributed by atoms with Crippen LogP contribution in [0.1, 0.15) is 0 Å². The van der Waals surface area contributed by atoms with Gasteiger partial charge in [0, 0.05) is 0 Å². The number of halogens is 1. The van der Waals surface area contributed by atoms with Gasteiger partial charge in [0.05, 0.1) is 13.7 Å². The van der Waals surface area contributed by atoms with E-state index in [1.54, 1.807) is 0 Å². The fourth-order valence-corrected chi connectivity index (χ4v) is 0.981. The van der Waals surface area contributed by atoms with Gasteiger partial charge in [0.1, 0.15) is 18.8 Å². The van der Waals surface area contributed by atoms with Crippen LogP contribution in [0.25, 0.3) is 0 Å². The first kappa shape index (κ1) is 14.0. The normalized spacial score (nSPS) is 16.4. The Labute approximate surface area is 84.5 Å². The van der Waals surface area contributed by atoms with E-state index in [1.807, 2.05) is 0 Å². The third-order valence-corrected chi connectivity index (χ3v) is 1.98. The molecule has 0 fully saturated rings. The highest BCUT2D eigenvalue weighted by Crippen LogP contribution is 2.24. The lowest BCUT2D eigenvalue weighted by Gasteiger charge is -2.28. The maximum atomic E-state index is 10.8. The van der Waals surface area contributed by atoms with Gasteiger partial charge in [-0.25, -0.2) is 0 Å². The number of carbonyl (C=O) groups is 1. The van der Waals surface area contributed by atoms with E-state index in [0.29, 0.717) is 0 Å². The van der Waals surface area contributed by atoms with Crippen LogP contribution in [0.4, 0.5) is 0 Å². The molecule has 84 valence electrons. The summed E-state index contributed by atoms with van der Waals surface area (Å²) in [6.45, 7) is -1.11. The molecule has 0 rings (SSSR count). The molecule has 14 heavy (non-hydrogen) atoms. The van der Waals surface area contributed by atoms with Crippen LogP contribution in [0.5, 0.6) is 0 Å². The maximum Gasteiger partial charge on any atom is 0.189 e. The molecule has 0 aromatic carbocycles. The zero-order chi connectivity index (χ0) is 11.4. The molecule has 0 saturated carbocycles. The van der Waals surface area contributed by atoms with Gasteiger partial charge in [-0.05, 0) is 0 Å². The van der Waals surface area contributed by atoms with E-state index in [4.69, 9.17) is 21.8 Å². The second-order valence-electron chi connectivity index (χ2n) is 2.35. The topological polar surface area (TPSA) is 130 Å². The van der Waals surface area contributed by atoms with E-state index >= 15 is 0 Å². The second kappa shape index (κ2) is 5.77. The van der Waals surface area contributed by atoms with Gasteiger partial charge in [-0.15, -0.1) is 11.6 Å². The van der Waals surface area contributed by atoms with Gasteiger partial charge in [0.2, 0.25) is 0 Å². The molecule has 9 heteroatoms. The van der Waals surface area contributed by atoms with Crippen LogP contribution < -0.4 is 9.79 Å². The van der Waals surface area contributed by atoms with E-state index in [9.17, 15) is 19.1 Å². The Morgan fingerprint density at radius 3 is 2.36 bits per heavy atom. The number of phosphoric acid groups is 1. The average molecular weight is 247 g/mol. The Kier molecular flexibility index (Phi) is 5.77. The number of rotatable bonds is 6. The lowest BCUT2D eigenvalue weighted by molar-refractivity contribution is -0.341. The van der Waals surface area contributed by atoms with Crippen LogP contribution in [-0.4, -0.2) is 40.7 Å². The SMILES string of the molecule is O=C(COP(=O)([O-])[O-])C(O)C(O)CCl. The fraction of sp³-hybridized carbons (Fsp3) is 0.800. The minimum absolute atomic E-state index is 0.403. The Bertz CT molecular complexity index is 238. The summed E-state index contributed by atoms with van der Waals surface area (Å²) >= 11 is 5.10. The number of carbonyl (C=O) groups excluding carboxylic acids is 1. The number of ketones is 1. The number of Topliss-reactive ketones (excluding diaryl/α,β-unsaturated/α-hetero) is 1. The first-order chi connectivity index (χ1) is 6.28. The van der Waals surface area contributed by atoms with Gasteiger partial charge >= 0.3 is 0 Å². The van der Waals surface area contributed by atoms with Gasteiger partial charge in [-0.3, -0.25) is 4.79 Å². The first-order valence-corrected chi connectivity index (χ1v) is 5.39. The van der Waals surface area contributed by atoms with Crippen LogP contribution in [0.2, 0.25) is 0 Å². The van der Waals surface area contributed by atoms with E-state index in [1.165, 1.54) is 0 Å². The van der Waals surface area contributed by atoms with Crippen molar-refractivity contribution >= 4 is 25.2 Å². The van der Waals surface area contributed by atoms with Gasteiger partial charge in [-0.1, -0.05) is 0 Å². The van der Waals surface area contributed by atoms with Crippen molar-refractivity contribution in [3.05, 3.63) is 0 Å². The molecule has 7 nitrogen and oxygen atoms in total. The predicted octanol–water partition coefficient (Wildman–Crippen LogP) is -2.64. The standard InChI is InChI=1S/C5H10ClO7P/c6-1-3(7)5(9)4(8)2-13-14(10,11)12/h3,5,7,9H,1-2H2,(H2,10,11,12)/p-2. The smallest absolute Gasteiger partial charge is 0.189 e. The van der Waals surface area contributed by atoms with E-state index in [2.05, 4.69) is 4.52 Å². The molecule has 0 aliphatic rings. The summed E-state index contributed by atoms with van der Waals surface area (Å²) in [7, 11) is -5.24. The minimum Gasteiger partial charge on any atom is -0.790 e. The number of phosphoric ester groups is 1. The van der Waals surface area contributed by atoms with Gasteiger partial charge in [-0.2, -0.15) is 0 Å². The van der Waals surface area contributed by atoms with E-state index < -0.39 is 38.3 Å². The first-order valence-electron chi connectivity index (χ1n) is 3.39. The molecule has 0 aromatic heterocycles. The van der Waals surface area contributed by atoms with Crippen LogP contribution in [0.15, 0.2) is 0 Å². The minimum atomic E-state index is -5.24. The quantitative estimate of drug-likeness (QED) is 0.387. The van der Waals surface area contributed by atoms with Gasteiger partial charge in [0.15, 0.2) is 5.78 Å². The molecule has 0 aromatic rings. The third kappa shape index (κ3) is 5.66. The highest BCUT2D eigenvalue weighted by atomic mass is 35.5. The Morgan fingerprint density at radius 2 is 2.00 bits per heavy atom. The molecule has 0 aliphatic heterocycles. The largest absolute Gasteiger partial charge is 0.790 e. The van der Waals surface area contributed by atoms with Crippen LogP contribution >= 0.6 is 19.4 Å². The molecule has 2 unspecified atom stereocenters. The van der Waals surface area contributed by atoms with Crippen molar-refractivity contribution in [1.82, 2.24) is 0 Å². The number of alkyl halides is 1. The fourth-order valence-electron chi connectivity index (χ4n) is 0.527. The number of aliphatic hydroxyl groups is 2. The highest BCUT2D eigenvalue weighted by Gasteiger charge is 2.23. The molecule has 2 atom stereocenters. The van der Waals surface area contributed by atoms with Crippen molar-refractivity contribution in [2.24, 2.45) is 0 Å². The number of hydrogen-bond acceptors (Lipinski definition) is 7. The summed E-state index contributed by atoms with van der Waals surface area (Å²) in [4.78, 5) is 30.6. The molecule has 0 saturated heterocycles. The summed E-state index contributed by atoms with van der Waals surface area (Å²) in [6, 6.07) is 0. The van der Waals surface area contributed by atoms with Crippen LogP contribution in [0, 0.1) is 0 Å².